The summed E-state index contributed by atoms with van der Waals surface area (Å²) in [5.41, 5.74) is 4.03. The number of thiocarbonyl (C=S) groups is 1. The Morgan fingerprint density at radius 1 is 0.969 bits per heavy atom. The Bertz CT molecular complexity index is 1230. The Morgan fingerprint density at radius 3 is 2.38 bits per heavy atom. The van der Waals surface area contributed by atoms with Crippen LogP contribution in [0, 0.1) is 0 Å². The zero-order valence-electron chi connectivity index (χ0n) is 17.5. The van der Waals surface area contributed by atoms with Crippen molar-refractivity contribution in [2.24, 2.45) is 0 Å². The summed E-state index contributed by atoms with van der Waals surface area (Å²) in [7, 11) is 0. The van der Waals surface area contributed by atoms with Gasteiger partial charge in [-0.05, 0) is 41.8 Å². The van der Waals surface area contributed by atoms with Gasteiger partial charge in [0, 0.05) is 5.56 Å². The number of fused-ring (bicyclic) bond motifs is 1. The highest BCUT2D eigenvalue weighted by atomic mass is 32.2. The second kappa shape index (κ2) is 8.77. The van der Waals surface area contributed by atoms with Crippen molar-refractivity contribution in [3.8, 4) is 5.75 Å². The lowest BCUT2D eigenvalue weighted by molar-refractivity contribution is -0.123. The highest BCUT2D eigenvalue weighted by Crippen LogP contribution is 2.42. The van der Waals surface area contributed by atoms with Crippen LogP contribution >= 0.6 is 24.0 Å². The van der Waals surface area contributed by atoms with Gasteiger partial charge in [0.1, 0.15) is 16.2 Å². The zero-order chi connectivity index (χ0) is 22.1. The number of ether oxygens (including phenoxy) is 1. The molecule has 2 heterocycles. The SMILES string of the molecule is CC(c1ccccc1)N1C(=O)/C(=C/C2=Cc3ccccc3OC2c2ccccc2)SC1=S. The van der Waals surface area contributed by atoms with Crippen LogP contribution in [-0.4, -0.2) is 15.1 Å². The van der Waals surface area contributed by atoms with E-state index in [1.807, 2.05) is 97.9 Å². The molecule has 32 heavy (non-hydrogen) atoms. The molecular formula is C27H21NO2S2. The third kappa shape index (κ3) is 3.90. The van der Waals surface area contributed by atoms with Crippen LogP contribution < -0.4 is 4.74 Å². The molecule has 5 heteroatoms. The van der Waals surface area contributed by atoms with E-state index in [1.165, 1.54) is 11.8 Å². The number of nitrogens with zero attached hydrogens (tertiary/aromatic N) is 1. The Kier molecular flexibility index (Phi) is 5.68. The number of carbonyl (C=O) groups excluding carboxylic acids is 1. The lowest BCUT2D eigenvalue weighted by Crippen LogP contribution is -2.31. The number of thioether (sulfide) groups is 1. The maximum Gasteiger partial charge on any atom is 0.266 e. The second-order valence-electron chi connectivity index (χ2n) is 7.73. The molecule has 0 aromatic heterocycles. The minimum Gasteiger partial charge on any atom is -0.480 e. The van der Waals surface area contributed by atoms with E-state index in [0.717, 1.165) is 28.0 Å². The van der Waals surface area contributed by atoms with Gasteiger partial charge < -0.3 is 4.74 Å². The molecule has 3 aromatic carbocycles. The minimum absolute atomic E-state index is 0.0667. The summed E-state index contributed by atoms with van der Waals surface area (Å²) in [6, 6.07) is 27.9. The molecule has 2 unspecified atom stereocenters. The lowest BCUT2D eigenvalue weighted by atomic mass is 9.95. The fourth-order valence-electron chi connectivity index (χ4n) is 4.01. The number of rotatable bonds is 4. The van der Waals surface area contributed by atoms with Gasteiger partial charge in [0.05, 0.1) is 10.9 Å². The maximum atomic E-state index is 13.4. The smallest absolute Gasteiger partial charge is 0.266 e. The number of hydrogen-bond acceptors (Lipinski definition) is 4. The average Bonchev–Trinajstić information content (AvgIpc) is 3.11. The van der Waals surface area contributed by atoms with Crippen LogP contribution in [0.25, 0.3) is 6.08 Å². The first-order valence-electron chi connectivity index (χ1n) is 10.5. The number of hydrogen-bond donors (Lipinski definition) is 0. The molecule has 1 amide bonds. The Labute approximate surface area is 197 Å². The van der Waals surface area contributed by atoms with Crippen LogP contribution in [0.1, 0.15) is 35.8 Å². The molecule has 2 aliphatic rings. The number of carbonyl (C=O) groups is 1. The van der Waals surface area contributed by atoms with Gasteiger partial charge in [-0.2, -0.15) is 0 Å². The fraction of sp³-hybridized carbons (Fsp3) is 0.111. The van der Waals surface area contributed by atoms with Gasteiger partial charge in [-0.15, -0.1) is 0 Å². The molecule has 2 aliphatic heterocycles. The fourth-order valence-corrected chi connectivity index (χ4v) is 5.43. The van der Waals surface area contributed by atoms with Crippen molar-refractivity contribution in [1.29, 1.82) is 0 Å². The molecule has 2 atom stereocenters. The molecule has 158 valence electrons. The van der Waals surface area contributed by atoms with E-state index in [1.54, 1.807) is 4.90 Å². The van der Waals surface area contributed by atoms with E-state index in [-0.39, 0.29) is 18.1 Å². The third-order valence-electron chi connectivity index (χ3n) is 5.68. The summed E-state index contributed by atoms with van der Waals surface area (Å²) in [4.78, 5) is 15.7. The summed E-state index contributed by atoms with van der Waals surface area (Å²) in [6.07, 6.45) is 3.75. The molecule has 1 fully saturated rings. The van der Waals surface area contributed by atoms with Crippen LogP contribution in [0.3, 0.4) is 0 Å². The van der Waals surface area contributed by atoms with E-state index >= 15 is 0 Å². The number of benzene rings is 3. The Balaban J connectivity index is 1.51. The highest BCUT2D eigenvalue weighted by molar-refractivity contribution is 8.26. The molecule has 1 saturated heterocycles. The van der Waals surface area contributed by atoms with Gasteiger partial charge in [-0.25, -0.2) is 0 Å². The topological polar surface area (TPSA) is 29.5 Å². The zero-order valence-corrected chi connectivity index (χ0v) is 19.1. The summed E-state index contributed by atoms with van der Waals surface area (Å²) < 4.78 is 6.94. The first-order chi connectivity index (χ1) is 15.6. The van der Waals surface area contributed by atoms with E-state index < -0.39 is 0 Å². The normalized spacial score (nSPS) is 20.0. The second-order valence-corrected chi connectivity index (χ2v) is 9.40. The van der Waals surface area contributed by atoms with Crippen LogP contribution in [0.2, 0.25) is 0 Å². The standard InChI is InChI=1S/C27H21NO2S2/c1-18(19-10-4-2-5-11-19)28-26(29)24(32-27(28)31)17-22-16-21-14-8-9-15-23(21)30-25(22)20-12-6-3-7-13-20/h2-18,25H,1H3/b24-17-. The molecule has 0 N–H and O–H groups in total. The summed E-state index contributed by atoms with van der Waals surface area (Å²) in [6.45, 7) is 2.01. The van der Waals surface area contributed by atoms with Crippen molar-refractivity contribution in [2.75, 3.05) is 0 Å². The average molecular weight is 456 g/mol. The molecular weight excluding hydrogens is 434 g/mol. The molecule has 0 radical (unpaired) electrons. The first kappa shape index (κ1) is 20.7. The van der Waals surface area contributed by atoms with E-state index in [0.29, 0.717) is 9.23 Å². The molecule has 0 spiro atoms. The van der Waals surface area contributed by atoms with Crippen LogP contribution in [0.15, 0.2) is 101 Å². The van der Waals surface area contributed by atoms with Crippen molar-refractivity contribution >= 4 is 40.3 Å². The minimum atomic E-state index is -0.291. The van der Waals surface area contributed by atoms with Gasteiger partial charge in [-0.1, -0.05) is 103 Å². The first-order valence-corrected chi connectivity index (χ1v) is 11.7. The molecule has 0 saturated carbocycles. The molecule has 0 aliphatic carbocycles. The van der Waals surface area contributed by atoms with Crippen molar-refractivity contribution in [1.82, 2.24) is 4.90 Å². The van der Waals surface area contributed by atoms with E-state index in [2.05, 4.69) is 6.08 Å². The molecule has 0 bridgehead atoms. The largest absolute Gasteiger partial charge is 0.480 e. The molecule has 5 rings (SSSR count). The molecule has 3 nitrogen and oxygen atoms in total. The predicted octanol–water partition coefficient (Wildman–Crippen LogP) is 6.71. The van der Waals surface area contributed by atoms with Gasteiger partial charge in [0.2, 0.25) is 0 Å². The summed E-state index contributed by atoms with van der Waals surface area (Å²) in [5.74, 6) is 0.770. The van der Waals surface area contributed by atoms with Gasteiger partial charge in [0.25, 0.3) is 5.91 Å². The van der Waals surface area contributed by atoms with Crippen LogP contribution in [-0.2, 0) is 4.79 Å². The quantitative estimate of drug-likeness (QED) is 0.323. The lowest BCUT2D eigenvalue weighted by Gasteiger charge is -2.26. The van der Waals surface area contributed by atoms with Crippen LogP contribution in [0.5, 0.6) is 5.75 Å². The number of amides is 1. The Hall–Kier alpha value is -3.15. The van der Waals surface area contributed by atoms with Gasteiger partial charge >= 0.3 is 0 Å². The van der Waals surface area contributed by atoms with Gasteiger partial charge in [0.15, 0.2) is 0 Å². The monoisotopic (exact) mass is 455 g/mol. The maximum absolute atomic E-state index is 13.4. The Morgan fingerprint density at radius 2 is 1.62 bits per heavy atom. The van der Waals surface area contributed by atoms with Crippen molar-refractivity contribution in [3.63, 3.8) is 0 Å². The van der Waals surface area contributed by atoms with E-state index in [9.17, 15) is 4.79 Å². The highest BCUT2D eigenvalue weighted by Gasteiger charge is 2.37. The van der Waals surface area contributed by atoms with Gasteiger partial charge in [-0.3, -0.25) is 9.69 Å². The van der Waals surface area contributed by atoms with E-state index in [4.69, 9.17) is 17.0 Å². The molecule has 3 aromatic rings. The van der Waals surface area contributed by atoms with Crippen molar-refractivity contribution in [3.05, 3.63) is 118 Å². The predicted molar refractivity (Wildman–Crippen MR) is 134 cm³/mol. The van der Waals surface area contributed by atoms with Crippen LogP contribution in [0.4, 0.5) is 0 Å². The number of para-hydroxylation sites is 1. The summed E-state index contributed by atoms with van der Waals surface area (Å²) in [5, 5.41) is 0. The third-order valence-corrected chi connectivity index (χ3v) is 7.01. The summed E-state index contributed by atoms with van der Waals surface area (Å²) >= 11 is 6.95. The van der Waals surface area contributed by atoms with Crippen molar-refractivity contribution < 1.29 is 9.53 Å². The van der Waals surface area contributed by atoms with Crippen molar-refractivity contribution in [2.45, 2.75) is 19.1 Å².